The molecule has 0 saturated carbocycles. The van der Waals surface area contributed by atoms with Crippen molar-refractivity contribution >= 4 is 11.9 Å². The Morgan fingerprint density at radius 2 is 1.96 bits per heavy atom. The van der Waals surface area contributed by atoms with Crippen molar-refractivity contribution in [1.82, 2.24) is 20.0 Å². The number of furan rings is 1. The molecular weight excluding hydrogens is 356 g/mol. The Bertz CT molecular complexity index is 651. The summed E-state index contributed by atoms with van der Waals surface area (Å²) in [6, 6.07) is 3.85. The topological polar surface area (TPSA) is 69.0 Å². The van der Waals surface area contributed by atoms with E-state index in [0.29, 0.717) is 18.4 Å². The molecule has 1 N–H and O–H groups in total. The van der Waals surface area contributed by atoms with E-state index in [-0.39, 0.29) is 23.9 Å². The minimum absolute atomic E-state index is 0.0258. The Kier molecular flexibility index (Phi) is 6.65. The van der Waals surface area contributed by atoms with Crippen LogP contribution >= 0.6 is 0 Å². The third-order valence-corrected chi connectivity index (χ3v) is 6.14. The van der Waals surface area contributed by atoms with E-state index in [0.717, 1.165) is 44.8 Å². The Balaban J connectivity index is 1.53. The molecule has 0 spiro atoms. The molecule has 3 amide bonds. The van der Waals surface area contributed by atoms with E-state index in [9.17, 15) is 9.59 Å². The minimum atomic E-state index is -0.0869. The van der Waals surface area contributed by atoms with Gasteiger partial charge in [0.15, 0.2) is 0 Å². The molecule has 2 saturated heterocycles. The van der Waals surface area contributed by atoms with Crippen LogP contribution in [0.15, 0.2) is 22.8 Å². The monoisotopic (exact) mass is 390 g/mol. The molecule has 3 heterocycles. The number of carbonyl (C=O) groups is 2. The summed E-state index contributed by atoms with van der Waals surface area (Å²) in [4.78, 5) is 31.1. The van der Waals surface area contributed by atoms with Crippen LogP contribution in [0.1, 0.15) is 32.4 Å². The Morgan fingerprint density at radius 3 is 2.54 bits per heavy atom. The van der Waals surface area contributed by atoms with E-state index in [2.05, 4.69) is 24.1 Å². The van der Waals surface area contributed by atoms with Gasteiger partial charge in [0.2, 0.25) is 5.91 Å². The molecule has 0 aliphatic carbocycles. The van der Waals surface area contributed by atoms with Gasteiger partial charge in [-0.3, -0.25) is 9.69 Å². The number of nitrogens with one attached hydrogen (secondary N) is 1. The molecule has 3 rings (SSSR count). The van der Waals surface area contributed by atoms with Crippen LogP contribution in [0, 0.1) is 17.8 Å². The normalized spacial score (nSPS) is 24.0. The van der Waals surface area contributed by atoms with Gasteiger partial charge in [0.25, 0.3) is 0 Å². The number of hydrogen-bond donors (Lipinski definition) is 1. The highest BCUT2D eigenvalue weighted by Gasteiger charge is 2.40. The quantitative estimate of drug-likeness (QED) is 0.837. The van der Waals surface area contributed by atoms with E-state index in [1.165, 1.54) is 0 Å². The zero-order valence-corrected chi connectivity index (χ0v) is 17.6. The van der Waals surface area contributed by atoms with Crippen molar-refractivity contribution in [2.75, 3.05) is 40.3 Å². The average Bonchev–Trinajstić information content (AvgIpc) is 3.31. The second-order valence-corrected chi connectivity index (χ2v) is 8.73. The molecule has 2 aliphatic heterocycles. The van der Waals surface area contributed by atoms with Crippen molar-refractivity contribution < 1.29 is 14.0 Å². The van der Waals surface area contributed by atoms with Crippen molar-refractivity contribution in [2.45, 2.75) is 39.3 Å². The van der Waals surface area contributed by atoms with Crippen LogP contribution in [0.5, 0.6) is 0 Å². The molecule has 2 aliphatic rings. The molecule has 7 heteroatoms. The summed E-state index contributed by atoms with van der Waals surface area (Å²) in [5.74, 6) is 2.03. The zero-order chi connectivity index (χ0) is 20.3. The maximum atomic E-state index is 13.1. The van der Waals surface area contributed by atoms with Gasteiger partial charge < -0.3 is 19.5 Å². The lowest BCUT2D eigenvalue weighted by molar-refractivity contribution is -0.136. The molecule has 7 nitrogen and oxygen atoms in total. The second-order valence-electron chi connectivity index (χ2n) is 8.73. The van der Waals surface area contributed by atoms with Crippen LogP contribution in [0.3, 0.4) is 0 Å². The average molecular weight is 391 g/mol. The first-order valence-corrected chi connectivity index (χ1v) is 10.4. The number of urea groups is 1. The van der Waals surface area contributed by atoms with Gasteiger partial charge in [-0.05, 0) is 44.0 Å². The predicted octanol–water partition coefficient (Wildman–Crippen LogP) is 2.25. The number of nitrogens with zero attached hydrogens (tertiary/aromatic N) is 3. The smallest absolute Gasteiger partial charge is 0.317 e. The van der Waals surface area contributed by atoms with Crippen LogP contribution < -0.4 is 5.32 Å². The molecule has 1 aromatic heterocycles. The Hall–Kier alpha value is -2.02. The van der Waals surface area contributed by atoms with E-state index >= 15 is 0 Å². The maximum Gasteiger partial charge on any atom is 0.317 e. The van der Waals surface area contributed by atoms with Crippen LogP contribution in [0.25, 0.3) is 0 Å². The van der Waals surface area contributed by atoms with E-state index in [1.54, 1.807) is 25.3 Å². The lowest BCUT2D eigenvalue weighted by Crippen LogP contribution is -2.47. The molecule has 1 aromatic rings. The standard InChI is InChI=1S/C21H34N4O3/c1-15(2)18-13-25(14-19(18)22-21(27)23(3)4)20(26)16-7-9-24(10-8-16)12-17-6-5-11-28-17/h5-6,11,15-16,18-19H,7-10,12-14H2,1-4H3,(H,22,27)/t18-,19+/m0/s1. The summed E-state index contributed by atoms with van der Waals surface area (Å²) in [6.07, 6.45) is 3.48. The van der Waals surface area contributed by atoms with Crippen molar-refractivity contribution in [3.63, 3.8) is 0 Å². The second kappa shape index (κ2) is 8.99. The van der Waals surface area contributed by atoms with Crippen molar-refractivity contribution in [3.8, 4) is 0 Å². The van der Waals surface area contributed by atoms with E-state index in [4.69, 9.17) is 4.42 Å². The summed E-state index contributed by atoms with van der Waals surface area (Å²) in [5, 5.41) is 3.10. The summed E-state index contributed by atoms with van der Waals surface area (Å²) < 4.78 is 5.43. The highest BCUT2D eigenvalue weighted by Crippen LogP contribution is 2.28. The van der Waals surface area contributed by atoms with Gasteiger partial charge in [-0.1, -0.05) is 13.8 Å². The van der Waals surface area contributed by atoms with Crippen LogP contribution in [0.2, 0.25) is 0 Å². The van der Waals surface area contributed by atoms with Crippen molar-refractivity contribution in [1.29, 1.82) is 0 Å². The molecule has 0 aromatic carbocycles. The van der Waals surface area contributed by atoms with Gasteiger partial charge in [-0.2, -0.15) is 0 Å². The highest BCUT2D eigenvalue weighted by molar-refractivity contribution is 5.80. The van der Waals surface area contributed by atoms with Crippen LogP contribution in [-0.2, 0) is 11.3 Å². The van der Waals surface area contributed by atoms with Crippen LogP contribution in [0.4, 0.5) is 4.79 Å². The van der Waals surface area contributed by atoms with E-state index in [1.807, 2.05) is 17.0 Å². The van der Waals surface area contributed by atoms with Crippen molar-refractivity contribution in [2.24, 2.45) is 17.8 Å². The molecule has 0 radical (unpaired) electrons. The minimum Gasteiger partial charge on any atom is -0.468 e. The third kappa shape index (κ3) is 4.87. The number of rotatable bonds is 5. The number of amides is 3. The first-order chi connectivity index (χ1) is 13.3. The molecule has 0 bridgehead atoms. The summed E-state index contributed by atoms with van der Waals surface area (Å²) in [6.45, 7) is 8.33. The SMILES string of the molecule is CC(C)[C@@H]1CN(C(=O)C2CCN(Cc3ccco3)CC2)C[C@H]1NC(=O)N(C)C. The van der Waals surface area contributed by atoms with Gasteiger partial charge >= 0.3 is 6.03 Å². The van der Waals surface area contributed by atoms with Crippen molar-refractivity contribution in [3.05, 3.63) is 24.2 Å². The largest absolute Gasteiger partial charge is 0.468 e. The molecule has 28 heavy (non-hydrogen) atoms. The Morgan fingerprint density at radius 1 is 1.25 bits per heavy atom. The number of piperidine rings is 1. The summed E-state index contributed by atoms with van der Waals surface area (Å²) in [5.41, 5.74) is 0. The van der Waals surface area contributed by atoms with Gasteiger partial charge in [-0.15, -0.1) is 0 Å². The number of carbonyl (C=O) groups excluding carboxylic acids is 2. The van der Waals surface area contributed by atoms with Gasteiger partial charge in [0.1, 0.15) is 5.76 Å². The summed E-state index contributed by atoms with van der Waals surface area (Å²) >= 11 is 0. The first-order valence-electron chi connectivity index (χ1n) is 10.4. The van der Waals surface area contributed by atoms with Gasteiger partial charge in [0.05, 0.1) is 18.8 Å². The number of likely N-dealkylation sites (tertiary alicyclic amines) is 2. The fraction of sp³-hybridized carbons (Fsp3) is 0.714. The van der Waals surface area contributed by atoms with E-state index < -0.39 is 0 Å². The Labute approximate surface area is 168 Å². The predicted molar refractivity (Wildman–Crippen MR) is 108 cm³/mol. The molecular formula is C21H34N4O3. The maximum absolute atomic E-state index is 13.1. The first kappa shape index (κ1) is 20.7. The molecule has 2 atom stereocenters. The molecule has 0 unspecified atom stereocenters. The van der Waals surface area contributed by atoms with Crippen LogP contribution in [-0.4, -0.2) is 73.0 Å². The zero-order valence-electron chi connectivity index (χ0n) is 17.6. The fourth-order valence-electron chi connectivity index (χ4n) is 4.34. The van der Waals surface area contributed by atoms with Gasteiger partial charge in [0, 0.05) is 39.0 Å². The lowest BCUT2D eigenvalue weighted by atomic mass is 9.91. The summed E-state index contributed by atoms with van der Waals surface area (Å²) in [7, 11) is 3.49. The van der Waals surface area contributed by atoms with Gasteiger partial charge in [-0.25, -0.2) is 4.79 Å². The number of hydrogen-bond acceptors (Lipinski definition) is 4. The fourth-order valence-corrected chi connectivity index (χ4v) is 4.34. The lowest BCUT2D eigenvalue weighted by Gasteiger charge is -2.32. The molecule has 156 valence electrons. The molecule has 2 fully saturated rings. The highest BCUT2D eigenvalue weighted by atomic mass is 16.3. The third-order valence-electron chi connectivity index (χ3n) is 6.14.